The van der Waals surface area contributed by atoms with Crippen molar-refractivity contribution in [3.05, 3.63) is 57.8 Å². The quantitative estimate of drug-likeness (QED) is 0.899. The highest BCUT2D eigenvalue weighted by molar-refractivity contribution is 6.42. The Morgan fingerprint density at radius 3 is 2.50 bits per heavy atom. The summed E-state index contributed by atoms with van der Waals surface area (Å²) in [6, 6.07) is 7.93. The van der Waals surface area contributed by atoms with Crippen molar-refractivity contribution in [2.24, 2.45) is 0 Å². The predicted molar refractivity (Wildman–Crippen MR) is 93.8 cm³/mol. The van der Waals surface area contributed by atoms with E-state index in [1.54, 1.807) is 29.2 Å². The second-order valence-electron chi connectivity index (χ2n) is 5.51. The number of nitrogens with one attached hydrogen (secondary N) is 1. The summed E-state index contributed by atoms with van der Waals surface area (Å²) in [5, 5.41) is 3.45. The Morgan fingerprint density at radius 2 is 1.79 bits per heavy atom. The molecule has 124 valence electrons. The van der Waals surface area contributed by atoms with Crippen LogP contribution in [0, 0.1) is 0 Å². The highest BCUT2D eigenvalue weighted by Gasteiger charge is 2.20. The van der Waals surface area contributed by atoms with Gasteiger partial charge in [-0.2, -0.15) is 0 Å². The monoisotopic (exact) mass is 363 g/mol. The molecule has 0 aliphatic carbocycles. The van der Waals surface area contributed by atoms with Gasteiger partial charge in [-0.1, -0.05) is 23.2 Å². The van der Waals surface area contributed by atoms with Crippen LogP contribution in [0.1, 0.15) is 33.7 Å². The zero-order chi connectivity index (χ0) is 17.1. The van der Waals surface area contributed by atoms with E-state index in [1.165, 1.54) is 12.3 Å². The lowest BCUT2D eigenvalue weighted by molar-refractivity contribution is 0.0792. The molecule has 1 N–H and O–H groups in total. The van der Waals surface area contributed by atoms with Gasteiger partial charge in [-0.25, -0.2) is 0 Å². The first-order chi connectivity index (χ1) is 11.5. The van der Waals surface area contributed by atoms with Crippen molar-refractivity contribution < 1.29 is 9.59 Å². The van der Waals surface area contributed by atoms with Crippen LogP contribution in [-0.4, -0.2) is 34.8 Å². The Balaban J connectivity index is 1.76. The number of carbonyl (C=O) groups excluding carboxylic acids is 2. The maximum atomic E-state index is 12.4. The van der Waals surface area contributed by atoms with Gasteiger partial charge in [0.1, 0.15) is 5.69 Å². The van der Waals surface area contributed by atoms with E-state index in [2.05, 4.69) is 10.3 Å². The molecule has 7 heteroatoms. The topological polar surface area (TPSA) is 62.3 Å². The van der Waals surface area contributed by atoms with Crippen LogP contribution in [0.2, 0.25) is 10.0 Å². The number of benzene rings is 1. The van der Waals surface area contributed by atoms with Crippen molar-refractivity contribution in [2.75, 3.05) is 18.4 Å². The Kier molecular flexibility index (Phi) is 5.02. The molecule has 2 aromatic rings. The van der Waals surface area contributed by atoms with E-state index in [0.29, 0.717) is 21.3 Å². The summed E-state index contributed by atoms with van der Waals surface area (Å²) in [6.07, 6.45) is 3.50. The Labute approximate surface area is 149 Å². The summed E-state index contributed by atoms with van der Waals surface area (Å²) in [5.74, 6) is -0.483. The Morgan fingerprint density at radius 1 is 1.04 bits per heavy atom. The first-order valence-electron chi connectivity index (χ1n) is 7.56. The molecular formula is C17H15Cl2N3O2. The van der Waals surface area contributed by atoms with Crippen LogP contribution in [0.3, 0.4) is 0 Å². The molecule has 2 amide bonds. The molecule has 3 rings (SSSR count). The molecule has 1 fully saturated rings. The molecule has 0 bridgehead atoms. The summed E-state index contributed by atoms with van der Waals surface area (Å²) in [7, 11) is 0. The molecule has 0 atom stereocenters. The Hall–Kier alpha value is -2.11. The Bertz CT molecular complexity index is 789. The fourth-order valence-electron chi connectivity index (χ4n) is 2.56. The van der Waals surface area contributed by atoms with Gasteiger partial charge in [-0.15, -0.1) is 0 Å². The number of aromatic nitrogens is 1. The van der Waals surface area contributed by atoms with Crippen molar-refractivity contribution in [2.45, 2.75) is 12.8 Å². The van der Waals surface area contributed by atoms with Crippen LogP contribution < -0.4 is 5.32 Å². The summed E-state index contributed by atoms with van der Waals surface area (Å²) >= 11 is 11.8. The molecule has 0 spiro atoms. The lowest BCUT2D eigenvalue weighted by atomic mass is 10.2. The first-order valence-corrected chi connectivity index (χ1v) is 8.32. The largest absolute Gasteiger partial charge is 0.339 e. The van der Waals surface area contributed by atoms with Gasteiger partial charge in [-0.05, 0) is 43.2 Å². The lowest BCUT2D eigenvalue weighted by Gasteiger charge is -2.15. The number of carbonyl (C=O) groups is 2. The molecule has 1 aliphatic heterocycles. The number of hydrogen-bond donors (Lipinski definition) is 1. The standard InChI is InChI=1S/C17H15Cl2N3O2/c18-13-4-3-12(10-14(13)19)21-16(23)15-9-11(5-6-20-15)17(24)22-7-1-2-8-22/h3-6,9-10H,1-2,7-8H2,(H,21,23). The van der Waals surface area contributed by atoms with Gasteiger partial charge < -0.3 is 10.2 Å². The van der Waals surface area contributed by atoms with Gasteiger partial charge in [0.15, 0.2) is 0 Å². The summed E-state index contributed by atoms with van der Waals surface area (Å²) in [6.45, 7) is 1.51. The van der Waals surface area contributed by atoms with E-state index in [0.717, 1.165) is 25.9 Å². The van der Waals surface area contributed by atoms with Crippen LogP contribution in [0.5, 0.6) is 0 Å². The molecular weight excluding hydrogens is 349 g/mol. The van der Waals surface area contributed by atoms with Crippen LogP contribution in [0.25, 0.3) is 0 Å². The molecule has 1 saturated heterocycles. The zero-order valence-corrected chi connectivity index (χ0v) is 14.3. The van der Waals surface area contributed by atoms with Gasteiger partial charge in [0.05, 0.1) is 10.0 Å². The lowest BCUT2D eigenvalue weighted by Crippen LogP contribution is -2.28. The molecule has 1 aromatic carbocycles. The third-order valence-electron chi connectivity index (χ3n) is 3.81. The molecule has 2 heterocycles. The van der Waals surface area contributed by atoms with Gasteiger partial charge >= 0.3 is 0 Å². The van der Waals surface area contributed by atoms with Crippen molar-refractivity contribution in [3.8, 4) is 0 Å². The highest BCUT2D eigenvalue weighted by atomic mass is 35.5. The van der Waals surface area contributed by atoms with Crippen molar-refractivity contribution in [1.29, 1.82) is 0 Å². The molecule has 1 aromatic heterocycles. The van der Waals surface area contributed by atoms with Crippen molar-refractivity contribution in [3.63, 3.8) is 0 Å². The third kappa shape index (κ3) is 3.68. The second-order valence-corrected chi connectivity index (χ2v) is 6.33. The van der Waals surface area contributed by atoms with E-state index < -0.39 is 5.91 Å². The van der Waals surface area contributed by atoms with Gasteiger partial charge in [0.25, 0.3) is 11.8 Å². The van der Waals surface area contributed by atoms with Gasteiger partial charge in [0, 0.05) is 30.5 Å². The van der Waals surface area contributed by atoms with E-state index >= 15 is 0 Å². The summed E-state index contributed by atoms with van der Waals surface area (Å²) < 4.78 is 0. The number of anilines is 1. The zero-order valence-electron chi connectivity index (χ0n) is 12.8. The average Bonchev–Trinajstić information content (AvgIpc) is 3.12. The molecule has 5 nitrogen and oxygen atoms in total. The van der Waals surface area contributed by atoms with Crippen LogP contribution >= 0.6 is 23.2 Å². The average molecular weight is 364 g/mol. The number of likely N-dealkylation sites (tertiary alicyclic amines) is 1. The fourth-order valence-corrected chi connectivity index (χ4v) is 2.86. The molecule has 0 unspecified atom stereocenters. The van der Waals surface area contributed by atoms with Crippen LogP contribution in [0.15, 0.2) is 36.5 Å². The number of pyridine rings is 1. The van der Waals surface area contributed by atoms with Crippen LogP contribution in [-0.2, 0) is 0 Å². The van der Waals surface area contributed by atoms with E-state index in [4.69, 9.17) is 23.2 Å². The van der Waals surface area contributed by atoms with Gasteiger partial charge in [-0.3, -0.25) is 14.6 Å². The van der Waals surface area contributed by atoms with E-state index in [-0.39, 0.29) is 11.6 Å². The maximum Gasteiger partial charge on any atom is 0.274 e. The molecule has 0 radical (unpaired) electrons. The summed E-state index contributed by atoms with van der Waals surface area (Å²) in [4.78, 5) is 30.6. The molecule has 1 aliphatic rings. The van der Waals surface area contributed by atoms with Crippen molar-refractivity contribution >= 4 is 40.7 Å². The third-order valence-corrected chi connectivity index (χ3v) is 4.55. The number of rotatable bonds is 3. The normalized spacial score (nSPS) is 13.8. The van der Waals surface area contributed by atoms with E-state index in [9.17, 15) is 9.59 Å². The van der Waals surface area contributed by atoms with Crippen LogP contribution in [0.4, 0.5) is 5.69 Å². The number of nitrogens with zero attached hydrogens (tertiary/aromatic N) is 2. The number of halogens is 2. The second kappa shape index (κ2) is 7.20. The predicted octanol–water partition coefficient (Wildman–Crippen LogP) is 3.88. The molecule has 24 heavy (non-hydrogen) atoms. The maximum absolute atomic E-state index is 12.4. The minimum atomic E-state index is -0.413. The van der Waals surface area contributed by atoms with E-state index in [1.807, 2.05) is 0 Å². The smallest absolute Gasteiger partial charge is 0.274 e. The van der Waals surface area contributed by atoms with Crippen molar-refractivity contribution in [1.82, 2.24) is 9.88 Å². The summed E-state index contributed by atoms with van der Waals surface area (Å²) in [5.41, 5.74) is 1.14. The number of hydrogen-bond acceptors (Lipinski definition) is 3. The number of amides is 2. The van der Waals surface area contributed by atoms with Gasteiger partial charge in [0.2, 0.25) is 0 Å². The fraction of sp³-hybridized carbons (Fsp3) is 0.235. The minimum absolute atomic E-state index is 0.0708. The first kappa shape index (κ1) is 16.7. The SMILES string of the molecule is O=C(Nc1ccc(Cl)c(Cl)c1)c1cc(C(=O)N2CCCC2)ccn1. The highest BCUT2D eigenvalue weighted by Crippen LogP contribution is 2.25. The molecule has 0 saturated carbocycles. The minimum Gasteiger partial charge on any atom is -0.339 e.